The van der Waals surface area contributed by atoms with E-state index in [9.17, 15) is 0 Å². The number of hydrogen-bond donors (Lipinski definition) is 2. The number of fused-ring (bicyclic) bond motifs is 1. The highest BCUT2D eigenvalue weighted by molar-refractivity contribution is 6.66. The first-order valence-electron chi connectivity index (χ1n) is 6.05. The van der Waals surface area contributed by atoms with E-state index in [4.69, 9.17) is 33.2 Å². The number of benzene rings is 1. The first-order chi connectivity index (χ1) is 10.1. The maximum absolute atomic E-state index is 8.77. The van der Waals surface area contributed by atoms with Crippen LogP contribution in [0, 0.1) is 0 Å². The lowest BCUT2D eigenvalue weighted by Gasteiger charge is -2.03. The Bertz CT molecular complexity index is 655. The Kier molecular flexibility index (Phi) is 5.53. The van der Waals surface area contributed by atoms with Crippen molar-refractivity contribution in [1.82, 2.24) is 9.97 Å². The van der Waals surface area contributed by atoms with Crippen molar-refractivity contribution < 1.29 is 10.0 Å². The van der Waals surface area contributed by atoms with E-state index in [1.54, 1.807) is 30.6 Å². The van der Waals surface area contributed by atoms with Gasteiger partial charge in [-0.2, -0.15) is 0 Å². The van der Waals surface area contributed by atoms with Crippen LogP contribution < -0.4 is 5.46 Å². The monoisotopic (exact) mass is 320 g/mol. The Morgan fingerprint density at radius 3 is 1.71 bits per heavy atom. The molecule has 0 bridgehead atoms. The predicted octanol–water partition coefficient (Wildman–Crippen LogP) is 2.30. The Morgan fingerprint density at radius 2 is 1.33 bits per heavy atom. The highest BCUT2D eigenvalue weighted by atomic mass is 35.5. The number of pyridine rings is 2. The molecule has 3 rings (SSSR count). The van der Waals surface area contributed by atoms with Gasteiger partial charge in [0.05, 0.1) is 0 Å². The van der Waals surface area contributed by atoms with E-state index in [0.717, 1.165) is 11.0 Å². The summed E-state index contributed by atoms with van der Waals surface area (Å²) in [5.74, 6) is 0. The van der Waals surface area contributed by atoms with Gasteiger partial charge in [-0.3, -0.25) is 0 Å². The zero-order chi connectivity index (χ0) is 15.2. The van der Waals surface area contributed by atoms with Gasteiger partial charge < -0.3 is 10.0 Å². The summed E-state index contributed by atoms with van der Waals surface area (Å²) in [4.78, 5) is 8.14. The van der Waals surface area contributed by atoms with E-state index in [0.29, 0.717) is 0 Å². The molecule has 0 atom stereocenters. The van der Waals surface area contributed by atoms with E-state index < -0.39 is 7.12 Å². The van der Waals surface area contributed by atoms with Crippen LogP contribution in [0.15, 0.2) is 54.9 Å². The van der Waals surface area contributed by atoms with Crippen LogP contribution >= 0.6 is 23.2 Å². The van der Waals surface area contributed by atoms with Gasteiger partial charge in [-0.1, -0.05) is 29.3 Å². The van der Waals surface area contributed by atoms with E-state index >= 15 is 0 Å². The molecule has 1 aromatic carbocycles. The van der Waals surface area contributed by atoms with Gasteiger partial charge in [-0.25, -0.2) is 9.97 Å². The molecule has 2 N–H and O–H groups in total. The Balaban J connectivity index is 0.000000154. The minimum Gasteiger partial charge on any atom is -0.423 e. The highest BCUT2D eigenvalue weighted by Gasteiger charge is 2.18. The summed E-state index contributed by atoms with van der Waals surface area (Å²) in [5.41, 5.74) is 0.959. The lowest BCUT2D eigenvalue weighted by molar-refractivity contribution is 0.426. The lowest BCUT2D eigenvalue weighted by atomic mass is 9.80. The van der Waals surface area contributed by atoms with Crippen LogP contribution in [0.5, 0.6) is 0 Å². The number of hydrogen-bond acceptors (Lipinski definition) is 4. The molecule has 7 heteroatoms. The van der Waals surface area contributed by atoms with Crippen LogP contribution in [0.3, 0.4) is 0 Å². The number of rotatable bonds is 1. The van der Waals surface area contributed by atoms with Crippen LogP contribution in [0.4, 0.5) is 0 Å². The van der Waals surface area contributed by atoms with Crippen LogP contribution in [0.25, 0.3) is 11.0 Å². The summed E-state index contributed by atoms with van der Waals surface area (Å²) in [7, 11) is -1.61. The van der Waals surface area contributed by atoms with Crippen LogP contribution in [0.2, 0.25) is 10.0 Å². The lowest BCUT2D eigenvalue weighted by Crippen LogP contribution is -2.31. The van der Waals surface area contributed by atoms with Crippen molar-refractivity contribution in [1.29, 1.82) is 0 Å². The molecule has 0 aliphatic rings. The maximum atomic E-state index is 8.77. The topological polar surface area (TPSA) is 66.2 Å². The van der Waals surface area contributed by atoms with E-state index in [2.05, 4.69) is 9.97 Å². The molecule has 0 spiro atoms. The molecule has 0 aliphatic heterocycles. The molecule has 3 aromatic rings. The zero-order valence-electron chi connectivity index (χ0n) is 10.8. The molecule has 0 fully saturated rings. The van der Waals surface area contributed by atoms with Crippen molar-refractivity contribution in [3.8, 4) is 0 Å². The van der Waals surface area contributed by atoms with Gasteiger partial charge in [0.15, 0.2) is 5.65 Å². The third kappa shape index (κ3) is 4.15. The van der Waals surface area contributed by atoms with Crippen molar-refractivity contribution in [3.05, 3.63) is 64.9 Å². The van der Waals surface area contributed by atoms with Crippen molar-refractivity contribution in [2.75, 3.05) is 0 Å². The smallest absolute Gasteiger partial charge is 0.423 e. The molecule has 2 heterocycles. The third-order valence-corrected chi connectivity index (χ3v) is 3.29. The van der Waals surface area contributed by atoms with Gasteiger partial charge in [0, 0.05) is 33.3 Å². The molecule has 0 unspecified atom stereocenters. The maximum Gasteiger partial charge on any atom is 0.491 e. The SMILES string of the molecule is OB(O)c1c(Cl)cccc1Cl.c1cnc2ncccc2c1. The van der Waals surface area contributed by atoms with E-state index in [1.807, 2.05) is 24.3 Å². The standard InChI is InChI=1S/C8H6N2.C6H5BCl2O2/c1-3-7-4-2-6-10-8(7)9-5-1;8-4-2-1-3-5(9)6(4)7(10)11/h1-6H;1-3,10-11H. The molecule has 0 radical (unpaired) electrons. The Morgan fingerprint density at radius 1 is 0.810 bits per heavy atom. The van der Waals surface area contributed by atoms with Gasteiger partial charge in [0.25, 0.3) is 0 Å². The first kappa shape index (κ1) is 15.7. The fraction of sp³-hybridized carbons (Fsp3) is 0. The number of nitrogens with zero attached hydrogens (tertiary/aromatic N) is 2. The van der Waals surface area contributed by atoms with Gasteiger partial charge in [0.2, 0.25) is 0 Å². The van der Waals surface area contributed by atoms with Crippen LogP contribution in [-0.4, -0.2) is 27.1 Å². The molecular formula is C14H11BCl2N2O2. The second kappa shape index (κ2) is 7.38. The summed E-state index contributed by atoms with van der Waals surface area (Å²) in [6, 6.07) is 12.5. The van der Waals surface area contributed by atoms with Crippen LogP contribution in [-0.2, 0) is 0 Å². The fourth-order valence-electron chi connectivity index (χ4n) is 1.67. The third-order valence-electron chi connectivity index (χ3n) is 2.63. The van der Waals surface area contributed by atoms with Crippen molar-refractivity contribution >= 4 is 46.8 Å². The first-order valence-corrected chi connectivity index (χ1v) is 6.81. The van der Waals surface area contributed by atoms with Gasteiger partial charge in [-0.05, 0) is 36.4 Å². The van der Waals surface area contributed by atoms with Crippen molar-refractivity contribution in [2.24, 2.45) is 0 Å². The van der Waals surface area contributed by atoms with Crippen molar-refractivity contribution in [2.45, 2.75) is 0 Å². The molecule has 0 amide bonds. The van der Waals surface area contributed by atoms with Gasteiger partial charge in [0.1, 0.15) is 0 Å². The minimum atomic E-state index is -1.61. The highest BCUT2D eigenvalue weighted by Crippen LogP contribution is 2.12. The number of aromatic nitrogens is 2. The van der Waals surface area contributed by atoms with Gasteiger partial charge >= 0.3 is 7.12 Å². The summed E-state index contributed by atoms with van der Waals surface area (Å²) in [6.45, 7) is 0. The van der Waals surface area contributed by atoms with Crippen molar-refractivity contribution in [3.63, 3.8) is 0 Å². The Labute approximate surface area is 132 Å². The molecule has 0 aliphatic carbocycles. The molecule has 0 saturated carbocycles. The average molecular weight is 321 g/mol. The second-order valence-electron chi connectivity index (χ2n) is 4.06. The molecular weight excluding hydrogens is 310 g/mol. The number of halogens is 2. The van der Waals surface area contributed by atoms with E-state index in [1.165, 1.54) is 0 Å². The quantitative estimate of drug-likeness (QED) is 0.675. The van der Waals surface area contributed by atoms with Crippen LogP contribution in [0.1, 0.15) is 0 Å². The minimum absolute atomic E-state index is 0.149. The molecule has 106 valence electrons. The second-order valence-corrected chi connectivity index (χ2v) is 4.88. The largest absolute Gasteiger partial charge is 0.491 e. The average Bonchev–Trinajstić information content (AvgIpc) is 2.47. The molecule has 0 saturated heterocycles. The summed E-state index contributed by atoms with van der Waals surface area (Å²) >= 11 is 11.2. The molecule has 2 aromatic heterocycles. The normalized spacial score (nSPS) is 9.90. The van der Waals surface area contributed by atoms with E-state index in [-0.39, 0.29) is 15.5 Å². The molecule has 4 nitrogen and oxygen atoms in total. The molecule has 21 heavy (non-hydrogen) atoms. The Hall–Kier alpha value is -1.66. The fourth-order valence-corrected chi connectivity index (χ4v) is 2.26. The predicted molar refractivity (Wildman–Crippen MR) is 85.8 cm³/mol. The van der Waals surface area contributed by atoms with Gasteiger partial charge in [-0.15, -0.1) is 0 Å². The summed E-state index contributed by atoms with van der Waals surface area (Å²) in [6.07, 6.45) is 3.49. The zero-order valence-corrected chi connectivity index (χ0v) is 12.3. The summed E-state index contributed by atoms with van der Waals surface area (Å²) in [5, 5.41) is 19.1. The summed E-state index contributed by atoms with van der Waals surface area (Å²) < 4.78 is 0.